The van der Waals surface area contributed by atoms with E-state index in [4.69, 9.17) is 18.9 Å². The lowest BCUT2D eigenvalue weighted by molar-refractivity contribution is 0.0725. The third-order valence-electron chi connectivity index (χ3n) is 9.46. The fraction of sp³-hybridized carbons (Fsp3) is 0.500. The van der Waals surface area contributed by atoms with Crippen LogP contribution in [0.15, 0.2) is 60.7 Å². The Balaban J connectivity index is 1.89. The minimum absolute atomic E-state index is 0.188. The highest BCUT2D eigenvalue weighted by Crippen LogP contribution is 2.61. The first-order chi connectivity index (χ1) is 20.6. The number of ether oxygens (including phenoxy) is 4. The van der Waals surface area contributed by atoms with Gasteiger partial charge in [-0.25, -0.2) is 0 Å². The highest BCUT2D eigenvalue weighted by molar-refractivity contribution is 7.47. The monoisotopic (exact) mass is 622 g/mol. The van der Waals surface area contributed by atoms with E-state index < -0.39 is 29.9 Å². The molecule has 44 heavy (non-hydrogen) atoms. The Morgan fingerprint density at radius 1 is 0.614 bits per heavy atom. The molecule has 238 valence electrons. The van der Waals surface area contributed by atoms with Gasteiger partial charge in [-0.3, -0.25) is 9.59 Å². The third-order valence-corrected chi connectivity index (χ3v) is 12.3. The molecule has 7 nitrogen and oxygen atoms in total. The summed E-state index contributed by atoms with van der Waals surface area (Å²) >= 11 is 0. The molecule has 0 fully saturated rings. The molecule has 4 rings (SSSR count). The van der Waals surface area contributed by atoms with Crippen LogP contribution >= 0.6 is 7.80 Å². The Morgan fingerprint density at radius 2 is 0.909 bits per heavy atom. The second-order valence-corrected chi connectivity index (χ2v) is 16.0. The van der Waals surface area contributed by atoms with Gasteiger partial charge in [-0.1, -0.05) is 78.0 Å². The molecule has 2 aliphatic carbocycles. The Kier molecular flexibility index (Phi) is 9.34. The average molecular weight is 623 g/mol. The van der Waals surface area contributed by atoms with Crippen molar-refractivity contribution in [2.45, 2.75) is 65.7 Å². The van der Waals surface area contributed by atoms with Crippen molar-refractivity contribution in [1.29, 1.82) is 0 Å². The van der Waals surface area contributed by atoms with Crippen LogP contribution in [0.5, 0.6) is 23.0 Å². The van der Waals surface area contributed by atoms with Crippen LogP contribution in [0.2, 0.25) is 0 Å². The second-order valence-electron chi connectivity index (χ2n) is 14.0. The van der Waals surface area contributed by atoms with Crippen LogP contribution in [0.1, 0.15) is 75.1 Å². The smallest absolute Gasteiger partial charge is 0.177 e. The number of hydrogen-bond donors (Lipinski definition) is 0. The van der Waals surface area contributed by atoms with Crippen molar-refractivity contribution in [3.63, 3.8) is 0 Å². The molecule has 0 N–H and O–H groups in total. The van der Waals surface area contributed by atoms with E-state index in [1.165, 1.54) is 28.4 Å². The van der Waals surface area contributed by atoms with Gasteiger partial charge in [0, 0.05) is 22.1 Å². The minimum atomic E-state index is -2.71. The maximum absolute atomic E-state index is 15.1. The fourth-order valence-corrected chi connectivity index (χ4v) is 10.2. The molecule has 8 heteroatoms. The summed E-state index contributed by atoms with van der Waals surface area (Å²) in [7, 11) is 3.39. The Hall–Kier alpha value is -3.31. The zero-order chi connectivity index (χ0) is 32.7. The first kappa shape index (κ1) is 33.6. The van der Waals surface area contributed by atoms with Gasteiger partial charge in [-0.05, 0) is 47.9 Å². The van der Waals surface area contributed by atoms with Crippen molar-refractivity contribution in [3.05, 3.63) is 71.8 Å². The Bertz CT molecular complexity index is 1360. The van der Waals surface area contributed by atoms with E-state index in [1.807, 2.05) is 26.0 Å². The molecule has 4 unspecified atom stereocenters. The number of hydrogen-bond acceptors (Lipinski definition) is 7. The van der Waals surface area contributed by atoms with Gasteiger partial charge in [0.15, 0.2) is 11.6 Å². The van der Waals surface area contributed by atoms with Crippen molar-refractivity contribution < 1.29 is 33.1 Å². The van der Waals surface area contributed by atoms with Gasteiger partial charge in [0.05, 0.1) is 36.2 Å². The Labute approximate surface area is 262 Å². The van der Waals surface area contributed by atoms with Crippen molar-refractivity contribution in [1.82, 2.24) is 0 Å². The van der Waals surface area contributed by atoms with Crippen LogP contribution in [-0.4, -0.2) is 51.3 Å². The van der Waals surface area contributed by atoms with Gasteiger partial charge >= 0.3 is 0 Å². The number of Topliss-reactive ketones (excluding diaryl/α,β-unsaturated/α-hetero) is 2. The molecule has 0 heterocycles. The van der Waals surface area contributed by atoms with E-state index in [0.717, 1.165) is 0 Å². The van der Waals surface area contributed by atoms with Crippen LogP contribution in [-0.2, 0) is 4.57 Å². The van der Waals surface area contributed by atoms with Gasteiger partial charge in [0.2, 0.25) is 0 Å². The van der Waals surface area contributed by atoms with Gasteiger partial charge in [-0.15, -0.1) is 0 Å². The number of carbonyl (C=O) groups excluding carboxylic acids is 2. The van der Waals surface area contributed by atoms with Gasteiger partial charge < -0.3 is 23.5 Å². The summed E-state index contributed by atoms with van der Waals surface area (Å²) in [4.78, 5) is 29.4. The number of ketones is 2. The lowest BCUT2D eigenvalue weighted by Crippen LogP contribution is -2.48. The largest absolute Gasteiger partial charge is 0.496 e. The molecular formula is C36H47O7P. The SMILES string of the molecule is COc1cccc(OC)c1C(=O)C1(C)CC(C)(C)C=CC1[PH](=O)C1C=CC(C)(C)CC1(C)C(=O)c1c(OC)cccc1OC. The molecule has 4 atom stereocenters. The summed E-state index contributed by atoms with van der Waals surface area (Å²) < 4.78 is 37.6. The van der Waals surface area contributed by atoms with E-state index in [0.29, 0.717) is 47.0 Å². The topological polar surface area (TPSA) is 88.1 Å². The summed E-state index contributed by atoms with van der Waals surface area (Å²) in [5.74, 6) is 1.25. The number of benzene rings is 2. The summed E-state index contributed by atoms with van der Waals surface area (Å²) in [5, 5.41) is 0. The van der Waals surface area contributed by atoms with Gasteiger partial charge in [0.25, 0.3) is 0 Å². The summed E-state index contributed by atoms with van der Waals surface area (Å²) in [6.07, 6.45) is 8.95. The summed E-state index contributed by atoms with van der Waals surface area (Å²) in [6.45, 7) is 12.1. The second kappa shape index (κ2) is 12.2. The minimum Gasteiger partial charge on any atom is -0.496 e. The fourth-order valence-electron chi connectivity index (χ4n) is 7.54. The molecule has 0 aliphatic heterocycles. The van der Waals surface area contributed by atoms with Crippen molar-refractivity contribution in [2.24, 2.45) is 21.7 Å². The van der Waals surface area contributed by atoms with E-state index in [-0.39, 0.29) is 22.4 Å². The lowest BCUT2D eigenvalue weighted by atomic mass is 9.64. The standard InChI is InChI=1S/C36H47O7P/c1-33(2)19-17-27(35(5,21-33)31(37)29-23(40-7)13-11-14-24(29)41-8)44(39)28-18-20-34(3,4)22-36(28,6)32(38)30-25(42-9)15-12-16-26(30)43-10/h11-20,27-28,44H,21-22H2,1-10H3. The molecule has 0 saturated carbocycles. The highest BCUT2D eigenvalue weighted by Gasteiger charge is 2.56. The number of rotatable bonds is 10. The zero-order valence-corrected chi connectivity index (χ0v) is 28.7. The molecule has 0 spiro atoms. The van der Waals surface area contributed by atoms with Crippen LogP contribution in [0.25, 0.3) is 0 Å². The Morgan fingerprint density at radius 3 is 1.18 bits per heavy atom. The van der Waals surface area contributed by atoms with E-state index in [1.54, 1.807) is 36.4 Å². The van der Waals surface area contributed by atoms with Gasteiger partial charge in [0.1, 0.15) is 34.1 Å². The predicted octanol–water partition coefficient (Wildman–Crippen LogP) is 8.07. The van der Waals surface area contributed by atoms with Crippen LogP contribution in [0, 0.1) is 21.7 Å². The van der Waals surface area contributed by atoms with Gasteiger partial charge in [-0.2, -0.15) is 0 Å². The molecule has 2 aliphatic rings. The molecular weight excluding hydrogens is 575 g/mol. The van der Waals surface area contributed by atoms with Crippen LogP contribution in [0.4, 0.5) is 0 Å². The van der Waals surface area contributed by atoms with E-state index >= 15 is 4.57 Å². The van der Waals surface area contributed by atoms with Crippen LogP contribution in [0.3, 0.4) is 0 Å². The van der Waals surface area contributed by atoms with E-state index in [2.05, 4.69) is 39.8 Å². The third kappa shape index (κ3) is 5.88. The number of allylic oxidation sites excluding steroid dienone is 4. The maximum Gasteiger partial charge on any atom is 0.177 e. The first-order valence-electron chi connectivity index (χ1n) is 15.0. The van der Waals surface area contributed by atoms with E-state index in [9.17, 15) is 9.59 Å². The van der Waals surface area contributed by atoms with Crippen molar-refractivity contribution >= 4 is 19.4 Å². The highest BCUT2D eigenvalue weighted by atomic mass is 31.1. The normalized spacial score (nSPS) is 27.7. The summed E-state index contributed by atoms with van der Waals surface area (Å²) in [6, 6.07) is 10.5. The quantitative estimate of drug-likeness (QED) is 0.150. The van der Waals surface area contributed by atoms with Crippen molar-refractivity contribution in [3.8, 4) is 23.0 Å². The lowest BCUT2D eigenvalue weighted by Gasteiger charge is -2.48. The zero-order valence-electron chi connectivity index (χ0n) is 27.7. The molecule has 2 aromatic rings. The van der Waals surface area contributed by atoms with Crippen molar-refractivity contribution in [2.75, 3.05) is 28.4 Å². The average Bonchev–Trinajstić information content (AvgIpc) is 2.98. The molecule has 0 saturated heterocycles. The molecule has 2 aromatic carbocycles. The number of methoxy groups -OCH3 is 4. The molecule has 0 bridgehead atoms. The first-order valence-corrected chi connectivity index (χ1v) is 16.6. The van der Waals surface area contributed by atoms with Crippen LogP contribution < -0.4 is 18.9 Å². The maximum atomic E-state index is 15.1. The molecule has 0 amide bonds. The molecule has 0 aromatic heterocycles. The predicted molar refractivity (Wildman–Crippen MR) is 176 cm³/mol. The number of carbonyl (C=O) groups is 2. The summed E-state index contributed by atoms with van der Waals surface area (Å²) in [5.41, 5.74) is -3.35. The molecule has 0 radical (unpaired) electrons.